The first-order valence-corrected chi connectivity index (χ1v) is 9.06. The number of hydrogen-bond acceptors (Lipinski definition) is 4. The Morgan fingerprint density at radius 2 is 2.10 bits per heavy atom. The van der Waals surface area contributed by atoms with Crippen LogP contribution in [0.1, 0.15) is 39.0 Å². The van der Waals surface area contributed by atoms with Gasteiger partial charge < -0.3 is 10.1 Å². The largest absolute Gasteiger partial charge is 0.374 e. The van der Waals surface area contributed by atoms with E-state index in [9.17, 15) is 0 Å². The van der Waals surface area contributed by atoms with Gasteiger partial charge in [0.05, 0.1) is 12.7 Å². The van der Waals surface area contributed by atoms with Gasteiger partial charge in [-0.3, -0.25) is 9.80 Å². The number of fused-ring (bicyclic) bond motifs is 1. The fourth-order valence-corrected chi connectivity index (χ4v) is 4.71. The van der Waals surface area contributed by atoms with Crippen molar-refractivity contribution in [2.24, 2.45) is 5.92 Å². The Morgan fingerprint density at radius 1 is 1.19 bits per heavy atom. The van der Waals surface area contributed by atoms with Gasteiger partial charge in [-0.1, -0.05) is 0 Å². The van der Waals surface area contributed by atoms with Crippen LogP contribution < -0.4 is 5.32 Å². The first kappa shape index (κ1) is 14.4. The molecule has 0 aromatic heterocycles. The lowest BCUT2D eigenvalue weighted by molar-refractivity contribution is -0.0624. The summed E-state index contributed by atoms with van der Waals surface area (Å²) >= 11 is 0. The molecule has 0 bridgehead atoms. The van der Waals surface area contributed by atoms with E-state index in [1.54, 1.807) is 0 Å². The van der Waals surface area contributed by atoms with Gasteiger partial charge in [0.1, 0.15) is 0 Å². The van der Waals surface area contributed by atoms with Crippen LogP contribution in [0.3, 0.4) is 0 Å². The highest BCUT2D eigenvalue weighted by molar-refractivity contribution is 5.01. The van der Waals surface area contributed by atoms with E-state index in [0.29, 0.717) is 11.6 Å². The van der Waals surface area contributed by atoms with Gasteiger partial charge in [0.15, 0.2) is 0 Å². The molecule has 3 aliphatic heterocycles. The second-order valence-corrected chi connectivity index (χ2v) is 7.95. The standard InChI is InChI=1S/C17H31N3O/c1-17(14-5-6-14)13-19(8-3-7-18-17)10-16-11-20-9-2-4-15(20)12-21-16/h14-16,18H,2-13H2,1H3. The molecule has 0 spiro atoms. The minimum atomic E-state index is 0.349. The maximum Gasteiger partial charge on any atom is 0.0829 e. The number of rotatable bonds is 3. The van der Waals surface area contributed by atoms with E-state index in [0.717, 1.165) is 31.7 Å². The first-order valence-electron chi connectivity index (χ1n) is 9.06. The molecular formula is C17H31N3O. The van der Waals surface area contributed by atoms with Gasteiger partial charge in [-0.25, -0.2) is 0 Å². The topological polar surface area (TPSA) is 27.7 Å². The zero-order chi connectivity index (χ0) is 14.3. The van der Waals surface area contributed by atoms with E-state index in [4.69, 9.17) is 4.74 Å². The van der Waals surface area contributed by atoms with E-state index >= 15 is 0 Å². The summed E-state index contributed by atoms with van der Waals surface area (Å²) in [6, 6.07) is 0.726. The van der Waals surface area contributed by atoms with Crippen molar-refractivity contribution in [3.05, 3.63) is 0 Å². The molecule has 1 aliphatic carbocycles. The summed E-state index contributed by atoms with van der Waals surface area (Å²) in [5.74, 6) is 0.910. The molecule has 0 radical (unpaired) electrons. The Bertz CT molecular complexity index is 373. The number of ether oxygens (including phenoxy) is 1. The zero-order valence-electron chi connectivity index (χ0n) is 13.5. The number of morpholine rings is 1. The van der Waals surface area contributed by atoms with Gasteiger partial charge in [0.2, 0.25) is 0 Å². The Hall–Kier alpha value is -0.160. The van der Waals surface area contributed by atoms with Crippen LogP contribution >= 0.6 is 0 Å². The molecule has 21 heavy (non-hydrogen) atoms. The molecule has 120 valence electrons. The van der Waals surface area contributed by atoms with Crippen LogP contribution in [-0.2, 0) is 4.74 Å². The number of nitrogens with one attached hydrogen (secondary N) is 1. The summed E-state index contributed by atoms with van der Waals surface area (Å²) in [6.45, 7) is 10.6. The van der Waals surface area contributed by atoms with Crippen molar-refractivity contribution < 1.29 is 4.74 Å². The van der Waals surface area contributed by atoms with Crippen molar-refractivity contribution in [1.29, 1.82) is 0 Å². The van der Waals surface area contributed by atoms with Crippen molar-refractivity contribution in [2.75, 3.05) is 45.9 Å². The molecule has 4 rings (SSSR count). The maximum absolute atomic E-state index is 6.18. The average Bonchev–Trinajstić information content (AvgIpc) is 3.25. The summed E-state index contributed by atoms with van der Waals surface area (Å²) < 4.78 is 6.18. The van der Waals surface area contributed by atoms with Gasteiger partial charge in [0, 0.05) is 31.2 Å². The van der Waals surface area contributed by atoms with Crippen LogP contribution in [0.15, 0.2) is 0 Å². The molecular weight excluding hydrogens is 262 g/mol. The van der Waals surface area contributed by atoms with Gasteiger partial charge >= 0.3 is 0 Å². The predicted octanol–water partition coefficient (Wildman–Crippen LogP) is 1.31. The molecule has 4 heteroatoms. The monoisotopic (exact) mass is 293 g/mol. The molecule has 0 aromatic carbocycles. The third-order valence-corrected chi connectivity index (χ3v) is 6.13. The molecule has 4 aliphatic rings. The zero-order valence-corrected chi connectivity index (χ0v) is 13.5. The molecule has 3 unspecified atom stereocenters. The summed E-state index contributed by atoms with van der Waals surface area (Å²) in [7, 11) is 0. The van der Waals surface area contributed by atoms with Crippen molar-refractivity contribution in [2.45, 2.75) is 56.7 Å². The molecule has 3 saturated heterocycles. The van der Waals surface area contributed by atoms with Crippen molar-refractivity contribution in [1.82, 2.24) is 15.1 Å². The SMILES string of the molecule is CC1(C2CC2)CN(CC2CN3CCCC3CO2)CCCN1. The summed E-state index contributed by atoms with van der Waals surface area (Å²) in [5, 5.41) is 3.83. The van der Waals surface area contributed by atoms with Crippen LogP contribution in [-0.4, -0.2) is 73.4 Å². The minimum Gasteiger partial charge on any atom is -0.374 e. The van der Waals surface area contributed by atoms with Gasteiger partial charge in [-0.05, 0) is 64.6 Å². The average molecular weight is 293 g/mol. The normalized spacial score (nSPS) is 42.7. The summed E-state index contributed by atoms with van der Waals surface area (Å²) in [5.41, 5.74) is 0.349. The Balaban J connectivity index is 1.34. The van der Waals surface area contributed by atoms with Crippen LogP contribution in [0.2, 0.25) is 0 Å². The van der Waals surface area contributed by atoms with Gasteiger partial charge in [-0.2, -0.15) is 0 Å². The van der Waals surface area contributed by atoms with E-state index < -0.39 is 0 Å². The lowest BCUT2D eigenvalue weighted by atomic mass is 9.95. The first-order chi connectivity index (χ1) is 10.2. The molecule has 0 amide bonds. The number of nitrogens with zero attached hydrogens (tertiary/aromatic N) is 2. The Morgan fingerprint density at radius 3 is 2.95 bits per heavy atom. The second kappa shape index (κ2) is 5.80. The van der Waals surface area contributed by atoms with Crippen LogP contribution in [0.5, 0.6) is 0 Å². The Kier molecular flexibility index (Phi) is 3.99. The van der Waals surface area contributed by atoms with E-state index in [-0.39, 0.29) is 0 Å². The van der Waals surface area contributed by atoms with E-state index in [1.807, 2.05) is 0 Å². The smallest absolute Gasteiger partial charge is 0.0829 e. The highest BCUT2D eigenvalue weighted by Gasteiger charge is 2.43. The number of hydrogen-bond donors (Lipinski definition) is 1. The van der Waals surface area contributed by atoms with E-state index in [2.05, 4.69) is 22.0 Å². The highest BCUT2D eigenvalue weighted by atomic mass is 16.5. The second-order valence-electron chi connectivity index (χ2n) is 7.95. The Labute approximate surface area is 129 Å². The fourth-order valence-electron chi connectivity index (χ4n) is 4.71. The molecule has 0 aromatic rings. The van der Waals surface area contributed by atoms with Crippen molar-refractivity contribution in [3.63, 3.8) is 0 Å². The maximum atomic E-state index is 6.18. The molecule has 3 atom stereocenters. The van der Waals surface area contributed by atoms with Crippen molar-refractivity contribution in [3.8, 4) is 0 Å². The van der Waals surface area contributed by atoms with E-state index in [1.165, 1.54) is 58.3 Å². The quantitative estimate of drug-likeness (QED) is 0.849. The van der Waals surface area contributed by atoms with Gasteiger partial charge in [-0.15, -0.1) is 0 Å². The predicted molar refractivity (Wildman–Crippen MR) is 84.5 cm³/mol. The lowest BCUT2D eigenvalue weighted by Crippen LogP contribution is -2.54. The molecule has 4 fully saturated rings. The third-order valence-electron chi connectivity index (χ3n) is 6.13. The van der Waals surface area contributed by atoms with Gasteiger partial charge in [0.25, 0.3) is 0 Å². The summed E-state index contributed by atoms with van der Waals surface area (Å²) in [4.78, 5) is 5.35. The lowest BCUT2D eigenvalue weighted by Gasteiger charge is -2.39. The van der Waals surface area contributed by atoms with Crippen LogP contribution in [0, 0.1) is 5.92 Å². The third kappa shape index (κ3) is 3.14. The highest BCUT2D eigenvalue weighted by Crippen LogP contribution is 2.40. The summed E-state index contributed by atoms with van der Waals surface area (Å²) in [6.07, 6.45) is 7.27. The molecule has 3 heterocycles. The van der Waals surface area contributed by atoms with Crippen molar-refractivity contribution >= 4 is 0 Å². The molecule has 1 N–H and O–H groups in total. The molecule has 4 nitrogen and oxygen atoms in total. The fraction of sp³-hybridized carbons (Fsp3) is 1.00. The molecule has 1 saturated carbocycles. The van der Waals surface area contributed by atoms with Crippen LogP contribution in [0.4, 0.5) is 0 Å². The minimum absolute atomic E-state index is 0.349. The van der Waals surface area contributed by atoms with Crippen LogP contribution in [0.25, 0.3) is 0 Å².